The highest BCUT2D eigenvalue weighted by Crippen LogP contribution is 2.28. The second-order valence-corrected chi connectivity index (χ2v) is 9.73. The Morgan fingerprint density at radius 3 is 2.53 bits per heavy atom. The topological polar surface area (TPSA) is 131 Å². The van der Waals surface area contributed by atoms with Crippen LogP contribution in [0.15, 0.2) is 41.6 Å². The highest BCUT2D eigenvalue weighted by molar-refractivity contribution is 7.89. The third-order valence-electron chi connectivity index (χ3n) is 4.90. The Labute approximate surface area is 187 Å². The van der Waals surface area contributed by atoms with Gasteiger partial charge in [0.2, 0.25) is 10.0 Å². The Morgan fingerprint density at radius 1 is 1.19 bits per heavy atom. The minimum absolute atomic E-state index is 0.00759. The molecule has 32 heavy (non-hydrogen) atoms. The number of aromatic nitrogens is 2. The molecule has 2 aromatic rings. The van der Waals surface area contributed by atoms with Crippen LogP contribution in [0.25, 0.3) is 0 Å². The van der Waals surface area contributed by atoms with Crippen LogP contribution in [-0.4, -0.2) is 59.7 Å². The zero-order valence-corrected chi connectivity index (χ0v) is 18.9. The van der Waals surface area contributed by atoms with Gasteiger partial charge in [-0.15, -0.1) is 0 Å². The third-order valence-corrected chi connectivity index (χ3v) is 6.77. The van der Waals surface area contributed by atoms with Gasteiger partial charge >= 0.3 is 0 Å². The number of amides is 1. The van der Waals surface area contributed by atoms with Crippen molar-refractivity contribution in [2.75, 3.05) is 19.8 Å². The lowest BCUT2D eigenvalue weighted by Gasteiger charge is -2.33. The number of benzene rings is 1. The first-order chi connectivity index (χ1) is 15.3. The third kappa shape index (κ3) is 5.80. The Balaban J connectivity index is 1.69. The van der Waals surface area contributed by atoms with E-state index < -0.39 is 22.0 Å². The monoisotopic (exact) mass is 464 g/mol. The van der Waals surface area contributed by atoms with Crippen molar-refractivity contribution in [3.05, 3.63) is 48.0 Å². The van der Waals surface area contributed by atoms with Gasteiger partial charge in [-0.3, -0.25) is 20.0 Å². The van der Waals surface area contributed by atoms with E-state index in [4.69, 9.17) is 14.7 Å². The van der Waals surface area contributed by atoms with Gasteiger partial charge in [0.05, 0.1) is 29.4 Å². The largest absolute Gasteiger partial charge is 0.494 e. The fraction of sp³-hybridized carbons (Fsp3) is 0.476. The van der Waals surface area contributed by atoms with Crippen LogP contribution in [0.4, 0.5) is 0 Å². The summed E-state index contributed by atoms with van der Waals surface area (Å²) in [5.41, 5.74) is 2.54. The Hall–Kier alpha value is -2.60. The summed E-state index contributed by atoms with van der Waals surface area (Å²) in [5.74, 6) is 0.186. The van der Waals surface area contributed by atoms with Crippen molar-refractivity contribution >= 4 is 15.9 Å². The molecule has 1 amide bonds. The summed E-state index contributed by atoms with van der Waals surface area (Å²) in [4.78, 5) is 20.6. The second kappa shape index (κ2) is 10.8. The van der Waals surface area contributed by atoms with Crippen molar-refractivity contribution in [3.63, 3.8) is 0 Å². The van der Waals surface area contributed by atoms with Gasteiger partial charge in [0.25, 0.3) is 5.91 Å². The normalized spacial score (nSPS) is 16.6. The van der Waals surface area contributed by atoms with Gasteiger partial charge in [-0.2, -0.15) is 4.31 Å². The standard InChI is InChI=1S/C21H28N4O6S/c1-15(2)14-30-10-3-11-31-16-4-6-17(7-5-16)32(28,29)25-13-19-18(22-8-9-23-19)12-20(25)21(26)24-27/h4-9,15,20,27H,3,10-14H2,1-2H3,(H,24,26). The summed E-state index contributed by atoms with van der Waals surface area (Å²) in [7, 11) is -4.05. The van der Waals surface area contributed by atoms with Crippen molar-refractivity contribution < 1.29 is 27.9 Å². The van der Waals surface area contributed by atoms with Crippen molar-refractivity contribution in [3.8, 4) is 5.75 Å². The molecule has 11 heteroatoms. The molecule has 0 radical (unpaired) electrons. The number of rotatable bonds is 10. The van der Waals surface area contributed by atoms with Crippen molar-refractivity contribution in [2.24, 2.45) is 5.92 Å². The van der Waals surface area contributed by atoms with Crippen LogP contribution >= 0.6 is 0 Å². The number of hydrogen-bond acceptors (Lipinski definition) is 8. The minimum atomic E-state index is -4.05. The summed E-state index contributed by atoms with van der Waals surface area (Å²) < 4.78 is 38.7. The maximum absolute atomic E-state index is 13.3. The molecule has 1 atom stereocenters. The highest BCUT2D eigenvalue weighted by Gasteiger charge is 2.40. The Bertz CT molecular complexity index is 1010. The van der Waals surface area contributed by atoms with Crippen molar-refractivity contribution in [2.45, 2.75) is 44.2 Å². The van der Waals surface area contributed by atoms with Gasteiger partial charge in [0, 0.05) is 38.4 Å². The Morgan fingerprint density at radius 2 is 1.88 bits per heavy atom. The van der Waals surface area contributed by atoms with Gasteiger partial charge < -0.3 is 9.47 Å². The predicted molar refractivity (Wildman–Crippen MR) is 114 cm³/mol. The first-order valence-corrected chi connectivity index (χ1v) is 11.8. The lowest BCUT2D eigenvalue weighted by Crippen LogP contribution is -2.52. The average molecular weight is 465 g/mol. The fourth-order valence-corrected chi connectivity index (χ4v) is 4.85. The summed E-state index contributed by atoms with van der Waals surface area (Å²) in [6.45, 7) is 5.79. The molecule has 0 fully saturated rings. The number of sulfonamides is 1. The highest BCUT2D eigenvalue weighted by atomic mass is 32.2. The number of carbonyl (C=O) groups is 1. The lowest BCUT2D eigenvalue weighted by atomic mass is 10.0. The van der Waals surface area contributed by atoms with E-state index in [2.05, 4.69) is 23.8 Å². The minimum Gasteiger partial charge on any atom is -0.494 e. The molecule has 1 unspecified atom stereocenters. The maximum Gasteiger partial charge on any atom is 0.262 e. The summed E-state index contributed by atoms with van der Waals surface area (Å²) in [6.07, 6.45) is 3.68. The molecule has 0 saturated carbocycles. The molecule has 1 aliphatic rings. The summed E-state index contributed by atoms with van der Waals surface area (Å²) in [6, 6.07) is 4.86. The van der Waals surface area contributed by atoms with Gasteiger partial charge in [-0.05, 0) is 30.2 Å². The van der Waals surface area contributed by atoms with Crippen molar-refractivity contribution in [1.82, 2.24) is 19.8 Å². The van der Waals surface area contributed by atoms with Crippen molar-refractivity contribution in [1.29, 1.82) is 0 Å². The SMILES string of the molecule is CC(C)COCCCOc1ccc(S(=O)(=O)N2Cc3nccnc3CC2C(=O)NO)cc1. The molecule has 1 aliphatic heterocycles. The molecule has 10 nitrogen and oxygen atoms in total. The summed E-state index contributed by atoms with van der Waals surface area (Å²) in [5, 5.41) is 9.11. The molecule has 0 bridgehead atoms. The molecule has 0 saturated heterocycles. The molecule has 1 aromatic carbocycles. The second-order valence-electron chi connectivity index (χ2n) is 7.84. The molecule has 1 aromatic heterocycles. The zero-order valence-electron chi connectivity index (χ0n) is 18.1. The predicted octanol–water partition coefficient (Wildman–Crippen LogP) is 1.54. The smallest absolute Gasteiger partial charge is 0.262 e. The van der Waals surface area contributed by atoms with Crippen LogP contribution in [0.2, 0.25) is 0 Å². The van der Waals surface area contributed by atoms with E-state index in [-0.39, 0.29) is 17.9 Å². The lowest BCUT2D eigenvalue weighted by molar-refractivity contribution is -0.133. The average Bonchev–Trinajstić information content (AvgIpc) is 2.80. The molecular weight excluding hydrogens is 436 g/mol. The van der Waals surface area contributed by atoms with Gasteiger partial charge in [-0.1, -0.05) is 13.8 Å². The molecule has 174 valence electrons. The van der Waals surface area contributed by atoms with Gasteiger partial charge in [-0.25, -0.2) is 13.9 Å². The van der Waals surface area contributed by atoms with Crippen LogP contribution in [0, 0.1) is 5.92 Å². The number of hydrogen-bond donors (Lipinski definition) is 2. The fourth-order valence-electron chi connectivity index (χ4n) is 3.30. The van der Waals surface area contributed by atoms with E-state index in [0.29, 0.717) is 42.9 Å². The first-order valence-electron chi connectivity index (χ1n) is 10.4. The maximum atomic E-state index is 13.3. The quantitative estimate of drug-likeness (QED) is 0.308. The Kier molecular flexibility index (Phi) is 8.13. The van der Waals surface area contributed by atoms with E-state index in [1.165, 1.54) is 24.5 Å². The number of ether oxygens (including phenoxy) is 2. The molecule has 0 aliphatic carbocycles. The number of fused-ring (bicyclic) bond motifs is 1. The van der Waals surface area contributed by atoms with Crippen LogP contribution < -0.4 is 10.2 Å². The van der Waals surface area contributed by atoms with Crippen LogP contribution in [0.3, 0.4) is 0 Å². The number of carbonyl (C=O) groups excluding carboxylic acids is 1. The van der Waals surface area contributed by atoms with Crippen LogP contribution in [0.1, 0.15) is 31.7 Å². The molecule has 2 N–H and O–H groups in total. The number of hydroxylamine groups is 1. The van der Waals surface area contributed by atoms with E-state index in [1.807, 2.05) is 0 Å². The van der Waals surface area contributed by atoms with E-state index in [1.54, 1.807) is 17.6 Å². The number of nitrogens with zero attached hydrogens (tertiary/aromatic N) is 3. The van der Waals surface area contributed by atoms with Gasteiger partial charge in [0.1, 0.15) is 11.8 Å². The molecule has 0 spiro atoms. The van der Waals surface area contributed by atoms with E-state index in [9.17, 15) is 13.2 Å². The molecule has 3 rings (SSSR count). The van der Waals surface area contributed by atoms with Crippen LogP contribution in [0.5, 0.6) is 5.75 Å². The summed E-state index contributed by atoms with van der Waals surface area (Å²) >= 11 is 0. The molecule has 2 heterocycles. The molecular formula is C21H28N4O6S. The zero-order chi connectivity index (χ0) is 23.1. The van der Waals surface area contributed by atoms with Crippen LogP contribution in [-0.2, 0) is 32.5 Å². The van der Waals surface area contributed by atoms with E-state index >= 15 is 0 Å². The van der Waals surface area contributed by atoms with E-state index in [0.717, 1.165) is 10.7 Å². The number of nitrogens with one attached hydrogen (secondary N) is 1. The van der Waals surface area contributed by atoms with Gasteiger partial charge in [0.15, 0.2) is 0 Å². The first kappa shape index (κ1) is 24.1.